The van der Waals surface area contributed by atoms with Crippen molar-refractivity contribution in [3.8, 4) is 17.0 Å². The van der Waals surface area contributed by atoms with Gasteiger partial charge in [-0.05, 0) is 43.7 Å². The number of hydrogen-bond donors (Lipinski definition) is 3. The minimum atomic E-state index is -1.20. The SMILES string of the molecule is C[C@@H]1C[C@@H](O)CN1C(=O)[C@@H](NC(=O)CCCCNC(=O)COc1c(-c2csc(N3CCOCC3)n2)ccc(F)c1F)C(C)(C)C. The third-order valence-electron chi connectivity index (χ3n) is 7.85. The molecule has 1 aromatic carbocycles. The van der Waals surface area contributed by atoms with Crippen molar-refractivity contribution in [2.24, 2.45) is 5.41 Å². The maximum atomic E-state index is 14.8. The summed E-state index contributed by atoms with van der Waals surface area (Å²) < 4.78 is 39.7. The molecule has 2 saturated heterocycles. The van der Waals surface area contributed by atoms with Crippen molar-refractivity contribution in [3.05, 3.63) is 29.1 Å². The largest absolute Gasteiger partial charge is 0.480 e. The molecule has 3 amide bonds. The molecule has 0 bridgehead atoms. The fraction of sp³-hybridized carbons (Fsp3) is 0.613. The van der Waals surface area contributed by atoms with Gasteiger partial charge in [0.1, 0.15) is 6.04 Å². The number of aliphatic hydroxyl groups is 1. The molecule has 3 N–H and O–H groups in total. The fourth-order valence-electron chi connectivity index (χ4n) is 5.35. The monoisotopic (exact) mass is 651 g/mol. The van der Waals surface area contributed by atoms with Crippen LogP contribution in [0.25, 0.3) is 11.3 Å². The van der Waals surface area contributed by atoms with E-state index in [2.05, 4.69) is 20.5 Å². The number of benzene rings is 1. The first kappa shape index (κ1) is 34.5. The summed E-state index contributed by atoms with van der Waals surface area (Å²) >= 11 is 1.37. The first-order chi connectivity index (χ1) is 21.3. The molecule has 0 radical (unpaired) electrons. The molecule has 0 unspecified atom stereocenters. The van der Waals surface area contributed by atoms with E-state index in [1.807, 2.05) is 27.7 Å². The van der Waals surface area contributed by atoms with Gasteiger partial charge in [-0.3, -0.25) is 14.4 Å². The zero-order valence-corrected chi connectivity index (χ0v) is 27.1. The van der Waals surface area contributed by atoms with Crippen molar-refractivity contribution >= 4 is 34.2 Å². The van der Waals surface area contributed by atoms with E-state index in [9.17, 15) is 28.3 Å². The van der Waals surface area contributed by atoms with Gasteiger partial charge in [0.05, 0.1) is 25.0 Å². The average molecular weight is 652 g/mol. The lowest BCUT2D eigenvalue weighted by molar-refractivity contribution is -0.140. The lowest BCUT2D eigenvalue weighted by Gasteiger charge is -2.35. The second-order valence-corrected chi connectivity index (χ2v) is 13.4. The van der Waals surface area contributed by atoms with Gasteiger partial charge >= 0.3 is 0 Å². The van der Waals surface area contributed by atoms with Crippen molar-refractivity contribution in [1.82, 2.24) is 20.5 Å². The Bertz CT molecular complexity index is 1350. The van der Waals surface area contributed by atoms with Crippen LogP contribution in [0.15, 0.2) is 17.5 Å². The van der Waals surface area contributed by atoms with Gasteiger partial charge in [0.15, 0.2) is 23.3 Å². The predicted molar refractivity (Wildman–Crippen MR) is 166 cm³/mol. The molecule has 2 aliphatic heterocycles. The van der Waals surface area contributed by atoms with Crippen LogP contribution >= 0.6 is 11.3 Å². The highest BCUT2D eigenvalue weighted by molar-refractivity contribution is 7.14. The molecule has 248 valence electrons. The van der Waals surface area contributed by atoms with Crippen LogP contribution in [-0.2, 0) is 19.1 Å². The topological polar surface area (TPSA) is 133 Å². The maximum Gasteiger partial charge on any atom is 0.257 e. The van der Waals surface area contributed by atoms with Crippen LogP contribution in [0.4, 0.5) is 13.9 Å². The van der Waals surface area contributed by atoms with Gasteiger partial charge in [0, 0.05) is 49.6 Å². The average Bonchev–Trinajstić information content (AvgIpc) is 3.62. The minimum absolute atomic E-state index is 0.105. The van der Waals surface area contributed by atoms with Gasteiger partial charge in [-0.2, -0.15) is 4.39 Å². The Morgan fingerprint density at radius 3 is 2.58 bits per heavy atom. The van der Waals surface area contributed by atoms with Crippen LogP contribution < -0.4 is 20.3 Å². The van der Waals surface area contributed by atoms with Gasteiger partial charge in [-0.25, -0.2) is 9.37 Å². The van der Waals surface area contributed by atoms with E-state index in [1.165, 1.54) is 17.4 Å². The molecule has 2 aliphatic rings. The molecule has 45 heavy (non-hydrogen) atoms. The van der Waals surface area contributed by atoms with E-state index < -0.39 is 41.7 Å². The van der Waals surface area contributed by atoms with Crippen LogP contribution in [0.1, 0.15) is 53.4 Å². The molecule has 11 nitrogen and oxygen atoms in total. The Morgan fingerprint density at radius 2 is 1.91 bits per heavy atom. The van der Waals surface area contributed by atoms with Crippen molar-refractivity contribution in [1.29, 1.82) is 0 Å². The number of morpholine rings is 1. The second-order valence-electron chi connectivity index (χ2n) is 12.5. The van der Waals surface area contributed by atoms with E-state index in [1.54, 1.807) is 10.3 Å². The van der Waals surface area contributed by atoms with Crippen molar-refractivity contribution in [3.63, 3.8) is 0 Å². The number of ether oxygens (including phenoxy) is 2. The fourth-order valence-corrected chi connectivity index (χ4v) is 6.23. The third-order valence-corrected chi connectivity index (χ3v) is 8.76. The molecular formula is C31H43F2N5O6S. The highest BCUT2D eigenvalue weighted by Gasteiger charge is 2.40. The van der Waals surface area contributed by atoms with Gasteiger partial charge in [0.25, 0.3) is 5.91 Å². The van der Waals surface area contributed by atoms with Gasteiger partial charge in [-0.1, -0.05) is 20.8 Å². The number of carbonyl (C=O) groups is 3. The van der Waals surface area contributed by atoms with Gasteiger partial charge in [0.2, 0.25) is 17.6 Å². The number of nitrogens with one attached hydrogen (secondary N) is 2. The highest BCUT2D eigenvalue weighted by atomic mass is 32.1. The number of likely N-dealkylation sites (tertiary alicyclic amines) is 1. The summed E-state index contributed by atoms with van der Waals surface area (Å²) in [5.41, 5.74) is 0.127. The van der Waals surface area contributed by atoms with Crippen LogP contribution in [0.3, 0.4) is 0 Å². The normalized spacial score (nSPS) is 19.4. The molecule has 0 aliphatic carbocycles. The molecule has 2 aromatic rings. The van der Waals surface area contributed by atoms with Crippen LogP contribution in [0, 0.1) is 17.0 Å². The Balaban J connectivity index is 1.23. The van der Waals surface area contributed by atoms with Crippen molar-refractivity contribution in [2.45, 2.75) is 71.6 Å². The van der Waals surface area contributed by atoms with Crippen molar-refractivity contribution < 1.29 is 37.7 Å². The Morgan fingerprint density at radius 1 is 1.18 bits per heavy atom. The minimum Gasteiger partial charge on any atom is -0.480 e. The number of nitrogens with zero attached hydrogens (tertiary/aromatic N) is 3. The van der Waals surface area contributed by atoms with E-state index in [0.29, 0.717) is 51.3 Å². The van der Waals surface area contributed by atoms with E-state index >= 15 is 0 Å². The number of rotatable bonds is 12. The summed E-state index contributed by atoms with van der Waals surface area (Å²) in [6.07, 6.45) is 1.03. The Kier molecular flexibility index (Phi) is 11.7. The number of carbonyl (C=O) groups excluding carboxylic acids is 3. The maximum absolute atomic E-state index is 14.8. The second kappa shape index (κ2) is 15.3. The van der Waals surface area contributed by atoms with Crippen LogP contribution in [-0.4, -0.2) is 96.9 Å². The van der Waals surface area contributed by atoms with Crippen LogP contribution in [0.5, 0.6) is 5.75 Å². The number of aromatic nitrogens is 1. The summed E-state index contributed by atoms with van der Waals surface area (Å²) in [4.78, 5) is 46.6. The first-order valence-corrected chi connectivity index (χ1v) is 16.2. The van der Waals surface area contributed by atoms with E-state index in [0.717, 1.165) is 11.2 Å². The van der Waals surface area contributed by atoms with Crippen LogP contribution in [0.2, 0.25) is 0 Å². The number of halogens is 2. The molecule has 2 fully saturated rings. The summed E-state index contributed by atoms with van der Waals surface area (Å²) in [6.45, 7) is 10.0. The lowest BCUT2D eigenvalue weighted by Crippen LogP contribution is -2.55. The molecular weight excluding hydrogens is 608 g/mol. The Labute approximate surface area is 266 Å². The summed E-state index contributed by atoms with van der Waals surface area (Å²) in [5, 5.41) is 17.9. The summed E-state index contributed by atoms with van der Waals surface area (Å²) in [7, 11) is 0. The third kappa shape index (κ3) is 9.10. The number of amides is 3. The molecule has 4 rings (SSSR count). The van der Waals surface area contributed by atoms with Gasteiger partial charge < -0.3 is 35.0 Å². The molecule has 1 aromatic heterocycles. The number of unbranched alkanes of at least 4 members (excludes halogenated alkanes) is 1. The van der Waals surface area contributed by atoms with Gasteiger partial charge in [-0.15, -0.1) is 11.3 Å². The zero-order chi connectivity index (χ0) is 32.7. The highest BCUT2D eigenvalue weighted by Crippen LogP contribution is 2.36. The standard InChI is InChI=1S/C31H43F2N5O6S/c1-19-15-20(39)16-38(19)29(42)28(31(2,3)4)36-24(40)7-5-6-10-34-25(41)17-44-27-21(8-9-22(32)26(27)33)23-18-45-30(35-23)37-11-13-43-14-12-37/h8-9,18-20,28,39H,5-7,10-17H2,1-4H3,(H,34,41)(H,36,40)/t19-,20-,28-/m1/s1. The summed E-state index contributed by atoms with van der Waals surface area (Å²) in [6, 6.07) is 1.53. The van der Waals surface area contributed by atoms with E-state index in [4.69, 9.17) is 9.47 Å². The molecule has 3 heterocycles. The Hall–Kier alpha value is -3.36. The quantitative estimate of drug-likeness (QED) is 0.299. The number of anilines is 1. The first-order valence-electron chi connectivity index (χ1n) is 15.3. The number of aliphatic hydroxyl groups excluding tert-OH is 1. The lowest BCUT2D eigenvalue weighted by atomic mass is 9.85. The number of hydrogen-bond acceptors (Lipinski definition) is 9. The zero-order valence-electron chi connectivity index (χ0n) is 26.2. The number of β-amino-alcohol motifs (C(OH)–C–C–N with tert-alkyl or cyclic N) is 1. The van der Waals surface area contributed by atoms with Crippen molar-refractivity contribution in [2.75, 3.05) is 50.9 Å². The molecule has 3 atom stereocenters. The molecule has 0 spiro atoms. The van der Waals surface area contributed by atoms with E-state index in [-0.39, 0.29) is 48.7 Å². The molecule has 14 heteroatoms. The molecule has 0 saturated carbocycles. The summed E-state index contributed by atoms with van der Waals surface area (Å²) in [5.74, 6) is -3.70. The predicted octanol–water partition coefficient (Wildman–Crippen LogP) is 3.10. The number of thiazole rings is 1. The smallest absolute Gasteiger partial charge is 0.257 e.